The Labute approximate surface area is 294 Å². The van der Waals surface area contributed by atoms with Gasteiger partial charge < -0.3 is 9.47 Å². The second-order valence-corrected chi connectivity index (χ2v) is 14.1. The fraction of sp³-hybridized carbons (Fsp3) is 0.0213. The average molecular weight is 657 g/mol. The average Bonchev–Trinajstić information content (AvgIpc) is 3.71. The SMILES string of the molecule is Cc1ccc2ccccc2c1-c1ccc(-n2c3ccccc3c3c(N(c4ccccc4)c4ccc5sc6ccccc6c5c4)cccc32)cc1. The van der Waals surface area contributed by atoms with Gasteiger partial charge in [-0.1, -0.05) is 109 Å². The normalized spacial score (nSPS) is 11.7. The predicted molar refractivity (Wildman–Crippen MR) is 216 cm³/mol. The van der Waals surface area contributed by atoms with Gasteiger partial charge in [0.05, 0.1) is 16.7 Å². The Balaban J connectivity index is 1.18. The lowest BCUT2D eigenvalue weighted by Crippen LogP contribution is -2.10. The lowest BCUT2D eigenvalue weighted by atomic mass is 9.94. The Morgan fingerprint density at radius 3 is 2.04 bits per heavy atom. The van der Waals surface area contributed by atoms with Crippen LogP contribution in [-0.4, -0.2) is 4.57 Å². The van der Waals surface area contributed by atoms with Gasteiger partial charge in [-0.25, -0.2) is 0 Å². The van der Waals surface area contributed by atoms with E-state index in [4.69, 9.17) is 0 Å². The van der Waals surface area contributed by atoms with Crippen LogP contribution in [0.15, 0.2) is 176 Å². The molecule has 0 aliphatic rings. The number of benzene rings is 8. The zero-order chi connectivity index (χ0) is 33.2. The van der Waals surface area contributed by atoms with Gasteiger partial charge in [0, 0.05) is 48.0 Å². The minimum atomic E-state index is 1.13. The molecule has 0 spiro atoms. The number of aryl methyl sites for hydroxylation is 1. The lowest BCUT2D eigenvalue weighted by Gasteiger charge is -2.26. The molecule has 0 unspecified atom stereocenters. The van der Waals surface area contributed by atoms with E-state index >= 15 is 0 Å². The first-order valence-corrected chi connectivity index (χ1v) is 17.9. The molecule has 0 saturated carbocycles. The lowest BCUT2D eigenvalue weighted by molar-refractivity contribution is 1.18. The van der Waals surface area contributed by atoms with Gasteiger partial charge in [0.2, 0.25) is 0 Å². The molecule has 0 N–H and O–H groups in total. The molecule has 3 heteroatoms. The molecule has 2 heterocycles. The third-order valence-electron chi connectivity index (χ3n) is 10.1. The number of thiophene rings is 1. The fourth-order valence-electron chi connectivity index (χ4n) is 7.86. The zero-order valence-electron chi connectivity index (χ0n) is 27.5. The second kappa shape index (κ2) is 11.5. The first kappa shape index (κ1) is 28.8. The van der Waals surface area contributed by atoms with Crippen LogP contribution < -0.4 is 4.90 Å². The van der Waals surface area contributed by atoms with E-state index in [-0.39, 0.29) is 0 Å². The number of aromatic nitrogens is 1. The van der Waals surface area contributed by atoms with E-state index in [2.05, 4.69) is 192 Å². The molecule has 2 nitrogen and oxygen atoms in total. The standard InChI is InChI=1S/C47H32N2S/c1-31-22-23-32-12-5-6-15-37(32)46(31)33-24-26-35(27-25-33)49-41-18-9-7-17-39(41)47-42(19-11-20-43(47)49)48(34-13-3-2-4-14-34)36-28-29-45-40(30-36)38-16-8-10-21-44(38)50-45/h2-30H,1H3. The molecule has 0 amide bonds. The molecule has 0 bridgehead atoms. The number of fused-ring (bicyclic) bond motifs is 7. The number of nitrogens with zero attached hydrogens (tertiary/aromatic N) is 2. The summed E-state index contributed by atoms with van der Waals surface area (Å²) in [6.45, 7) is 2.21. The van der Waals surface area contributed by atoms with Crippen molar-refractivity contribution in [3.8, 4) is 16.8 Å². The Kier molecular flexibility index (Phi) is 6.61. The highest BCUT2D eigenvalue weighted by molar-refractivity contribution is 7.25. The van der Waals surface area contributed by atoms with Crippen molar-refractivity contribution in [2.75, 3.05) is 4.90 Å². The summed E-state index contributed by atoms with van der Waals surface area (Å²) < 4.78 is 5.05. The van der Waals surface area contributed by atoms with Gasteiger partial charge in [-0.05, 0) is 101 Å². The molecule has 10 aromatic rings. The summed E-state index contributed by atoms with van der Waals surface area (Å²) in [6, 6.07) is 64.2. The van der Waals surface area contributed by atoms with E-state index in [9.17, 15) is 0 Å². The number of para-hydroxylation sites is 2. The van der Waals surface area contributed by atoms with E-state index in [1.165, 1.54) is 69.4 Å². The van der Waals surface area contributed by atoms with Crippen LogP contribution in [0.1, 0.15) is 5.56 Å². The molecule has 2 aromatic heterocycles. The molecule has 50 heavy (non-hydrogen) atoms. The van der Waals surface area contributed by atoms with Crippen molar-refractivity contribution < 1.29 is 0 Å². The Hall–Kier alpha value is -6.16. The minimum absolute atomic E-state index is 1.13. The van der Waals surface area contributed by atoms with Gasteiger partial charge in [0.15, 0.2) is 0 Å². The van der Waals surface area contributed by atoms with Crippen LogP contribution in [0.25, 0.3) is 69.6 Å². The number of hydrogen-bond donors (Lipinski definition) is 0. The van der Waals surface area contributed by atoms with Crippen molar-refractivity contribution in [1.29, 1.82) is 0 Å². The molecule has 10 rings (SSSR count). The summed E-state index contributed by atoms with van der Waals surface area (Å²) in [4.78, 5) is 2.43. The van der Waals surface area contributed by atoms with Crippen LogP contribution in [0, 0.1) is 6.92 Å². The van der Waals surface area contributed by atoms with Gasteiger partial charge in [-0.3, -0.25) is 0 Å². The molecular formula is C47H32N2S. The molecule has 8 aromatic carbocycles. The molecule has 0 fully saturated rings. The summed E-state index contributed by atoms with van der Waals surface area (Å²) in [5.74, 6) is 0. The van der Waals surface area contributed by atoms with Crippen LogP contribution in [0.3, 0.4) is 0 Å². The summed E-state index contributed by atoms with van der Waals surface area (Å²) in [5.41, 5.74) is 10.8. The maximum absolute atomic E-state index is 2.43. The van der Waals surface area contributed by atoms with E-state index in [1.807, 2.05) is 11.3 Å². The molecule has 0 aliphatic carbocycles. The fourth-order valence-corrected chi connectivity index (χ4v) is 8.95. The predicted octanol–water partition coefficient (Wildman–Crippen LogP) is 13.8. The van der Waals surface area contributed by atoms with Gasteiger partial charge >= 0.3 is 0 Å². The van der Waals surface area contributed by atoms with Crippen LogP contribution in [0.2, 0.25) is 0 Å². The van der Waals surface area contributed by atoms with E-state index < -0.39 is 0 Å². The van der Waals surface area contributed by atoms with Gasteiger partial charge in [0.25, 0.3) is 0 Å². The van der Waals surface area contributed by atoms with E-state index in [1.54, 1.807) is 0 Å². The van der Waals surface area contributed by atoms with E-state index in [0.29, 0.717) is 0 Å². The number of hydrogen-bond acceptors (Lipinski definition) is 2. The molecule has 0 atom stereocenters. The van der Waals surface area contributed by atoms with Crippen molar-refractivity contribution in [2.24, 2.45) is 0 Å². The smallest absolute Gasteiger partial charge is 0.0562 e. The largest absolute Gasteiger partial charge is 0.310 e. The zero-order valence-corrected chi connectivity index (χ0v) is 28.4. The summed E-state index contributed by atoms with van der Waals surface area (Å²) in [5, 5.41) is 7.61. The summed E-state index contributed by atoms with van der Waals surface area (Å²) in [7, 11) is 0. The van der Waals surface area contributed by atoms with Crippen molar-refractivity contribution in [3.05, 3.63) is 181 Å². The van der Waals surface area contributed by atoms with Gasteiger partial charge in [0.1, 0.15) is 0 Å². The Morgan fingerprint density at radius 2 is 1.18 bits per heavy atom. The maximum Gasteiger partial charge on any atom is 0.0562 e. The van der Waals surface area contributed by atoms with Crippen molar-refractivity contribution in [1.82, 2.24) is 4.57 Å². The Morgan fingerprint density at radius 1 is 0.480 bits per heavy atom. The topological polar surface area (TPSA) is 8.17 Å². The molecule has 0 radical (unpaired) electrons. The van der Waals surface area contributed by atoms with Gasteiger partial charge in [-0.15, -0.1) is 11.3 Å². The molecule has 0 saturated heterocycles. The van der Waals surface area contributed by atoms with Crippen LogP contribution in [0.4, 0.5) is 17.1 Å². The molecular weight excluding hydrogens is 625 g/mol. The number of anilines is 3. The maximum atomic E-state index is 2.43. The first-order chi connectivity index (χ1) is 24.7. The number of rotatable bonds is 5. The monoisotopic (exact) mass is 656 g/mol. The van der Waals surface area contributed by atoms with Crippen LogP contribution in [0.5, 0.6) is 0 Å². The van der Waals surface area contributed by atoms with E-state index in [0.717, 1.165) is 22.7 Å². The highest BCUT2D eigenvalue weighted by atomic mass is 32.1. The third kappa shape index (κ3) is 4.48. The summed E-state index contributed by atoms with van der Waals surface area (Å²) >= 11 is 1.86. The second-order valence-electron chi connectivity index (χ2n) is 13.0. The van der Waals surface area contributed by atoms with Crippen LogP contribution in [-0.2, 0) is 0 Å². The third-order valence-corrected chi connectivity index (χ3v) is 11.3. The van der Waals surface area contributed by atoms with Crippen molar-refractivity contribution in [2.45, 2.75) is 6.92 Å². The summed E-state index contributed by atoms with van der Waals surface area (Å²) in [6.07, 6.45) is 0. The Bertz CT molecular complexity index is 2880. The first-order valence-electron chi connectivity index (χ1n) is 17.1. The highest BCUT2D eigenvalue weighted by Gasteiger charge is 2.21. The van der Waals surface area contributed by atoms with Gasteiger partial charge in [-0.2, -0.15) is 0 Å². The quantitative estimate of drug-likeness (QED) is 0.179. The van der Waals surface area contributed by atoms with Crippen LogP contribution >= 0.6 is 11.3 Å². The highest BCUT2D eigenvalue weighted by Crippen LogP contribution is 2.45. The molecule has 0 aliphatic heterocycles. The minimum Gasteiger partial charge on any atom is -0.310 e. The van der Waals surface area contributed by atoms with Crippen molar-refractivity contribution >= 4 is 81.1 Å². The molecule has 236 valence electrons. The van der Waals surface area contributed by atoms with Crippen molar-refractivity contribution in [3.63, 3.8) is 0 Å².